The summed E-state index contributed by atoms with van der Waals surface area (Å²) in [5.74, 6) is 0.124. The number of benzene rings is 2. The van der Waals surface area contributed by atoms with Crippen molar-refractivity contribution < 1.29 is 29.1 Å². The smallest absolute Gasteiger partial charge is 0.269 e. The van der Waals surface area contributed by atoms with Gasteiger partial charge in [-0.1, -0.05) is 0 Å². The number of anilines is 1. The molecule has 2 aliphatic rings. The Hall–Kier alpha value is -3.66. The number of non-ortho nitro benzene ring substituents is 1. The highest BCUT2D eigenvalue weighted by atomic mass is 16.6. The van der Waals surface area contributed by atoms with Crippen LogP contribution in [0.25, 0.3) is 0 Å². The first-order chi connectivity index (χ1) is 14.9. The lowest BCUT2D eigenvalue weighted by molar-refractivity contribution is -0.384. The second-order valence-electron chi connectivity index (χ2n) is 7.34. The molecule has 0 aliphatic carbocycles. The lowest BCUT2D eigenvalue weighted by Crippen LogP contribution is -2.35. The lowest BCUT2D eigenvalue weighted by atomic mass is 10.1. The molecule has 2 N–H and O–H groups in total. The summed E-state index contributed by atoms with van der Waals surface area (Å²) in [5.41, 5.74) is 1.01. The van der Waals surface area contributed by atoms with E-state index in [4.69, 9.17) is 9.47 Å². The average Bonchev–Trinajstić information content (AvgIpc) is 3.18. The molecular formula is C21H21N3O7. The van der Waals surface area contributed by atoms with Crippen LogP contribution in [-0.2, 0) is 9.59 Å². The van der Waals surface area contributed by atoms with Gasteiger partial charge in [0.1, 0.15) is 13.2 Å². The highest BCUT2D eigenvalue weighted by Gasteiger charge is 2.35. The number of fused-ring (bicyclic) bond motifs is 1. The molecule has 0 aromatic heterocycles. The van der Waals surface area contributed by atoms with Crippen molar-refractivity contribution in [1.29, 1.82) is 0 Å². The van der Waals surface area contributed by atoms with Gasteiger partial charge < -0.3 is 24.8 Å². The number of nitrogens with one attached hydrogen (secondary N) is 1. The molecule has 0 spiro atoms. The first kappa shape index (κ1) is 20.6. The van der Waals surface area contributed by atoms with E-state index in [1.54, 1.807) is 18.2 Å². The van der Waals surface area contributed by atoms with Gasteiger partial charge in [0, 0.05) is 43.4 Å². The zero-order valence-corrected chi connectivity index (χ0v) is 16.5. The quantitative estimate of drug-likeness (QED) is 0.528. The van der Waals surface area contributed by atoms with Crippen LogP contribution < -0.4 is 19.7 Å². The fraction of sp³-hybridized carbons (Fsp3) is 0.333. The molecule has 2 aliphatic heterocycles. The van der Waals surface area contributed by atoms with Gasteiger partial charge in [0.2, 0.25) is 11.8 Å². The number of hydrogen-bond acceptors (Lipinski definition) is 7. The van der Waals surface area contributed by atoms with E-state index in [2.05, 4.69) is 5.32 Å². The number of aliphatic hydroxyl groups is 1. The Labute approximate surface area is 177 Å². The van der Waals surface area contributed by atoms with Crippen LogP contribution in [0.3, 0.4) is 0 Å². The third-order valence-corrected chi connectivity index (χ3v) is 5.29. The second kappa shape index (κ2) is 8.60. The monoisotopic (exact) mass is 427 g/mol. The zero-order valence-electron chi connectivity index (χ0n) is 16.5. The number of nitro benzene ring substituents is 1. The van der Waals surface area contributed by atoms with Crippen molar-refractivity contribution in [2.45, 2.75) is 12.5 Å². The van der Waals surface area contributed by atoms with Crippen molar-refractivity contribution in [1.82, 2.24) is 5.32 Å². The number of nitro groups is 1. The summed E-state index contributed by atoms with van der Waals surface area (Å²) >= 11 is 0. The molecule has 2 aromatic carbocycles. The SMILES string of the molecule is O=C(NCC(O)c1ccc([N+](=O)[O-])cc1)C1CC(=O)N(c2ccc3c(c2)OCCO3)C1. The Morgan fingerprint density at radius 2 is 1.90 bits per heavy atom. The third kappa shape index (κ3) is 4.43. The Balaban J connectivity index is 1.34. The molecule has 0 saturated carbocycles. The molecule has 10 nitrogen and oxygen atoms in total. The van der Waals surface area contributed by atoms with Gasteiger partial charge >= 0.3 is 0 Å². The maximum Gasteiger partial charge on any atom is 0.269 e. The molecule has 4 rings (SSSR count). The zero-order chi connectivity index (χ0) is 22.0. The first-order valence-electron chi connectivity index (χ1n) is 9.82. The van der Waals surface area contributed by atoms with Crippen molar-refractivity contribution in [2.24, 2.45) is 5.92 Å². The highest BCUT2D eigenvalue weighted by Crippen LogP contribution is 2.36. The molecular weight excluding hydrogens is 406 g/mol. The molecule has 162 valence electrons. The van der Waals surface area contributed by atoms with Gasteiger partial charge in [0.15, 0.2) is 11.5 Å². The van der Waals surface area contributed by atoms with E-state index in [9.17, 15) is 24.8 Å². The molecule has 0 radical (unpaired) electrons. The molecule has 2 atom stereocenters. The van der Waals surface area contributed by atoms with E-state index < -0.39 is 16.9 Å². The highest BCUT2D eigenvalue weighted by molar-refractivity contribution is 6.00. The largest absolute Gasteiger partial charge is 0.486 e. The molecule has 1 fully saturated rings. The summed E-state index contributed by atoms with van der Waals surface area (Å²) in [6.45, 7) is 1.07. The number of aliphatic hydroxyl groups excluding tert-OH is 1. The predicted octanol–water partition coefficient (Wildman–Crippen LogP) is 1.57. The fourth-order valence-corrected chi connectivity index (χ4v) is 3.61. The third-order valence-electron chi connectivity index (χ3n) is 5.29. The van der Waals surface area contributed by atoms with Gasteiger partial charge in [-0.15, -0.1) is 0 Å². The van der Waals surface area contributed by atoms with Crippen LogP contribution in [-0.4, -0.2) is 48.1 Å². The number of hydrogen-bond donors (Lipinski definition) is 2. The minimum atomic E-state index is -1.02. The Kier molecular flexibility index (Phi) is 5.72. The molecule has 31 heavy (non-hydrogen) atoms. The number of amides is 2. The van der Waals surface area contributed by atoms with Crippen LogP contribution in [0.4, 0.5) is 11.4 Å². The predicted molar refractivity (Wildman–Crippen MR) is 109 cm³/mol. The van der Waals surface area contributed by atoms with Crippen molar-refractivity contribution in [2.75, 3.05) is 31.2 Å². The van der Waals surface area contributed by atoms with E-state index in [1.165, 1.54) is 29.2 Å². The Bertz CT molecular complexity index is 1010. The topological polar surface area (TPSA) is 131 Å². The lowest BCUT2D eigenvalue weighted by Gasteiger charge is -2.22. The second-order valence-corrected chi connectivity index (χ2v) is 7.34. The standard InChI is InChI=1S/C21H21N3O7/c25-17(13-1-3-15(4-2-13)24(28)29)11-22-21(27)14-9-20(26)23(12-14)16-5-6-18-19(10-16)31-8-7-30-18/h1-6,10,14,17,25H,7-9,11-12H2,(H,22,27). The van der Waals surface area contributed by atoms with Crippen LogP contribution in [0.15, 0.2) is 42.5 Å². The number of nitrogens with zero attached hydrogens (tertiary/aromatic N) is 2. The van der Waals surface area contributed by atoms with Crippen LogP contribution in [0.5, 0.6) is 11.5 Å². The van der Waals surface area contributed by atoms with Crippen LogP contribution in [0.2, 0.25) is 0 Å². The van der Waals surface area contributed by atoms with Crippen molar-refractivity contribution >= 4 is 23.2 Å². The van der Waals surface area contributed by atoms with Crippen LogP contribution in [0.1, 0.15) is 18.1 Å². The van der Waals surface area contributed by atoms with E-state index in [-0.39, 0.29) is 37.0 Å². The molecule has 0 bridgehead atoms. The minimum Gasteiger partial charge on any atom is -0.486 e. The van der Waals surface area contributed by atoms with E-state index in [1.807, 2.05) is 0 Å². The van der Waals surface area contributed by atoms with Gasteiger partial charge in [0.25, 0.3) is 5.69 Å². The van der Waals surface area contributed by atoms with Crippen LogP contribution >= 0.6 is 0 Å². The van der Waals surface area contributed by atoms with Gasteiger partial charge in [-0.2, -0.15) is 0 Å². The fourth-order valence-electron chi connectivity index (χ4n) is 3.61. The average molecular weight is 427 g/mol. The van der Waals surface area contributed by atoms with Crippen molar-refractivity contribution in [3.63, 3.8) is 0 Å². The van der Waals surface area contributed by atoms with E-state index in [0.717, 1.165) is 0 Å². The molecule has 1 saturated heterocycles. The number of ether oxygens (including phenoxy) is 2. The van der Waals surface area contributed by atoms with Crippen molar-refractivity contribution in [3.05, 3.63) is 58.1 Å². The number of carbonyl (C=O) groups is 2. The normalized spacial score (nSPS) is 18.5. The summed E-state index contributed by atoms with van der Waals surface area (Å²) < 4.78 is 11.0. The Morgan fingerprint density at radius 3 is 2.61 bits per heavy atom. The first-order valence-corrected chi connectivity index (χ1v) is 9.82. The van der Waals surface area contributed by atoms with Gasteiger partial charge in [-0.3, -0.25) is 19.7 Å². The maximum atomic E-state index is 12.5. The van der Waals surface area contributed by atoms with Gasteiger partial charge in [0.05, 0.1) is 16.9 Å². The summed E-state index contributed by atoms with van der Waals surface area (Å²) in [4.78, 5) is 36.7. The molecule has 2 unspecified atom stereocenters. The minimum absolute atomic E-state index is 0.0634. The van der Waals surface area contributed by atoms with E-state index >= 15 is 0 Å². The molecule has 2 amide bonds. The van der Waals surface area contributed by atoms with E-state index in [0.29, 0.717) is 36.0 Å². The number of carbonyl (C=O) groups excluding carboxylic acids is 2. The summed E-state index contributed by atoms with van der Waals surface area (Å²) in [7, 11) is 0. The number of rotatable bonds is 6. The molecule has 10 heteroatoms. The molecule has 2 aromatic rings. The molecule has 2 heterocycles. The summed E-state index contributed by atoms with van der Waals surface area (Å²) in [6, 6.07) is 10.7. The van der Waals surface area contributed by atoms with Crippen molar-refractivity contribution in [3.8, 4) is 11.5 Å². The summed E-state index contributed by atoms with van der Waals surface area (Å²) in [5, 5.41) is 23.6. The van der Waals surface area contributed by atoms with Gasteiger partial charge in [-0.05, 0) is 29.8 Å². The maximum absolute atomic E-state index is 12.5. The summed E-state index contributed by atoms with van der Waals surface area (Å²) in [6.07, 6.45) is -0.954. The van der Waals surface area contributed by atoms with Crippen LogP contribution in [0, 0.1) is 16.0 Å². The van der Waals surface area contributed by atoms with Gasteiger partial charge in [-0.25, -0.2) is 0 Å². The Morgan fingerprint density at radius 1 is 1.19 bits per heavy atom.